The lowest BCUT2D eigenvalue weighted by Gasteiger charge is -2.25. The number of halogens is 2. The molecule has 7 N–H and O–H groups in total. The zero-order chi connectivity index (χ0) is 31.8. The fourth-order valence-corrected chi connectivity index (χ4v) is 7.45. The Morgan fingerprint density at radius 1 is 0.933 bits per heavy atom. The Kier molecular flexibility index (Phi) is 7.51. The summed E-state index contributed by atoms with van der Waals surface area (Å²) >= 11 is 5.11. The fourth-order valence-electron chi connectivity index (χ4n) is 5.23. The van der Waals surface area contributed by atoms with Gasteiger partial charge in [0.25, 0.3) is 11.1 Å². The van der Waals surface area contributed by atoms with E-state index in [-0.39, 0.29) is 34.2 Å². The van der Waals surface area contributed by atoms with Gasteiger partial charge in [0.15, 0.2) is 53.2 Å². The molecule has 0 radical (unpaired) electrons. The molecule has 4 aromatic rings. The van der Waals surface area contributed by atoms with Gasteiger partial charge in [0.05, 0.1) is 19.3 Å². The molecule has 0 spiro atoms. The van der Waals surface area contributed by atoms with E-state index in [1.54, 1.807) is 0 Å². The molecule has 0 aromatic carbocycles. The molecule has 25 heteroatoms. The van der Waals surface area contributed by atoms with Crippen molar-refractivity contribution in [1.82, 2.24) is 39.0 Å². The molecule has 0 bridgehead atoms. The highest BCUT2D eigenvalue weighted by Crippen LogP contribution is 2.51. The van der Waals surface area contributed by atoms with Crippen LogP contribution in [0.5, 0.6) is 0 Å². The third-order valence-electron chi connectivity index (χ3n) is 7.19. The van der Waals surface area contributed by atoms with Gasteiger partial charge in [0.1, 0.15) is 24.9 Å². The van der Waals surface area contributed by atoms with E-state index >= 15 is 8.78 Å². The minimum atomic E-state index is -4.31. The van der Waals surface area contributed by atoms with Crippen LogP contribution in [0.3, 0.4) is 0 Å². The monoisotopic (exact) mass is 693 g/mol. The van der Waals surface area contributed by atoms with Crippen molar-refractivity contribution >= 4 is 61.0 Å². The molecule has 4 aromatic heterocycles. The van der Waals surface area contributed by atoms with Gasteiger partial charge in [-0.25, -0.2) is 18.7 Å². The maximum absolute atomic E-state index is 15.9. The number of aromatic amines is 2. The number of nitrogens with one attached hydrogen (secondary N) is 2. The summed E-state index contributed by atoms with van der Waals surface area (Å²) in [4.78, 5) is 55.6. The molecule has 45 heavy (non-hydrogen) atoms. The number of fused-ring (bicyclic) bond motifs is 4. The van der Waals surface area contributed by atoms with Crippen molar-refractivity contribution in [3.63, 3.8) is 0 Å². The minimum absolute atomic E-state index is 0.111. The lowest BCUT2D eigenvalue weighted by Crippen LogP contribution is -2.36. The van der Waals surface area contributed by atoms with Crippen LogP contribution in [0, 0.1) is 0 Å². The Morgan fingerprint density at radius 2 is 1.44 bits per heavy atom. The number of alkyl halides is 2. The Hall–Kier alpha value is -3.37. The smallest absolute Gasteiger partial charge is 0.369 e. The molecule has 2 unspecified atom stereocenters. The van der Waals surface area contributed by atoms with E-state index in [4.69, 9.17) is 50.8 Å². The number of nitrogen functional groups attached to an aromatic ring is 2. The normalized spacial score (nSPS) is 35.2. The molecule has 0 amide bonds. The van der Waals surface area contributed by atoms with Gasteiger partial charge in [-0.3, -0.25) is 33.2 Å². The number of nitrogens with zero attached hydrogens (tertiary/aromatic N) is 6. The van der Waals surface area contributed by atoms with E-state index < -0.39 is 88.5 Å². The maximum Gasteiger partial charge on any atom is 0.697 e. The van der Waals surface area contributed by atoms with Gasteiger partial charge in [0.2, 0.25) is 11.9 Å². The van der Waals surface area contributed by atoms with Gasteiger partial charge in [-0.2, -0.15) is 9.97 Å². The molecule has 3 aliphatic heterocycles. The first-order chi connectivity index (χ1) is 21.4. The second kappa shape index (κ2) is 11.2. The lowest BCUT2D eigenvalue weighted by molar-refractivity contribution is -0.0558. The van der Waals surface area contributed by atoms with Crippen LogP contribution in [-0.4, -0.2) is 93.9 Å². The van der Waals surface area contributed by atoms with Crippen molar-refractivity contribution in [2.75, 3.05) is 24.7 Å². The summed E-state index contributed by atoms with van der Waals surface area (Å²) < 4.78 is 79.8. The zero-order valence-corrected chi connectivity index (χ0v) is 24.8. The van der Waals surface area contributed by atoms with Crippen LogP contribution in [0.15, 0.2) is 22.2 Å². The maximum atomic E-state index is 15.9. The molecule has 10 atom stereocenters. The van der Waals surface area contributed by atoms with Crippen molar-refractivity contribution in [1.29, 1.82) is 0 Å². The predicted octanol–water partition coefficient (Wildman–Crippen LogP) is -0.420. The average Bonchev–Trinajstić information content (AvgIpc) is 3.72. The Labute approximate surface area is 253 Å². The average molecular weight is 693 g/mol. The number of rotatable bonds is 2. The van der Waals surface area contributed by atoms with Crippen molar-refractivity contribution in [2.45, 2.75) is 49.2 Å². The molecule has 0 saturated carbocycles. The summed E-state index contributed by atoms with van der Waals surface area (Å²) in [5, 5.41) is 0. The first-order valence-electron chi connectivity index (χ1n) is 12.9. The Morgan fingerprint density at radius 3 is 2.00 bits per heavy atom. The van der Waals surface area contributed by atoms with Crippen molar-refractivity contribution < 1.29 is 45.8 Å². The molecular formula is C20H21F2N10O10P2S+. The van der Waals surface area contributed by atoms with E-state index in [0.29, 0.717) is 0 Å². The van der Waals surface area contributed by atoms with Crippen LogP contribution < -0.4 is 22.6 Å². The van der Waals surface area contributed by atoms with E-state index in [2.05, 4.69) is 29.9 Å². The first-order valence-corrected chi connectivity index (χ1v) is 16.5. The van der Waals surface area contributed by atoms with E-state index in [1.165, 1.54) is 0 Å². The van der Waals surface area contributed by atoms with Gasteiger partial charge < -0.3 is 30.4 Å². The van der Waals surface area contributed by atoms with Gasteiger partial charge in [-0.15, -0.1) is 9.05 Å². The number of nitrogens with two attached hydrogens (primary N) is 2. The highest BCUT2D eigenvalue weighted by Gasteiger charge is 2.55. The summed E-state index contributed by atoms with van der Waals surface area (Å²) in [5.41, 5.74) is 9.35. The van der Waals surface area contributed by atoms with Crippen LogP contribution in [0.25, 0.3) is 22.3 Å². The zero-order valence-electron chi connectivity index (χ0n) is 22.2. The number of hydrogen-bond acceptors (Lipinski definition) is 16. The summed E-state index contributed by atoms with van der Waals surface area (Å²) in [7, 11) is -3.09. The molecule has 20 nitrogen and oxygen atoms in total. The van der Waals surface area contributed by atoms with E-state index in [0.717, 1.165) is 21.8 Å². The molecule has 7 rings (SSSR count). The third kappa shape index (κ3) is 5.33. The summed E-state index contributed by atoms with van der Waals surface area (Å²) in [6, 6.07) is 0. The summed E-state index contributed by atoms with van der Waals surface area (Å²) in [5.74, 6) is -0.529. The predicted molar refractivity (Wildman–Crippen MR) is 148 cm³/mol. The van der Waals surface area contributed by atoms with Crippen LogP contribution in [0.1, 0.15) is 12.5 Å². The van der Waals surface area contributed by atoms with Gasteiger partial charge in [0, 0.05) is 4.57 Å². The number of hydrogen-bond donors (Lipinski definition) is 5. The Bertz CT molecular complexity index is 1990. The van der Waals surface area contributed by atoms with Gasteiger partial charge in [-0.05, 0) is 11.8 Å². The molecule has 3 fully saturated rings. The molecular weight excluding hydrogens is 672 g/mol. The topological polar surface area (TPSA) is 272 Å². The standard InChI is InChI=1S/C20H20F2N10O10P2S/c21-7-11-6(40-17(7)31-3-25-9-13(31)27-19(23)29-15(9)33)2-38-44(36,45)42-12-5(1-37-43(35)41-11)39-18(8(12)22)32-4-26-10-14(32)28-20(24)30-16(10)34/h3-8,11-12,17-18H,1-2H2,(H6-,23,24,27,28,29,30,33,34,36,45)/p+1/t5-,6-,7-,8-,11-,12-,17-,18-,44?/m1/s1. The second-order valence-electron chi connectivity index (χ2n) is 9.99. The molecule has 7 heterocycles. The highest BCUT2D eigenvalue weighted by atomic mass is 32.5. The lowest BCUT2D eigenvalue weighted by atomic mass is 10.1. The van der Waals surface area contributed by atoms with Crippen LogP contribution in [0.2, 0.25) is 0 Å². The molecule has 3 aliphatic rings. The summed E-state index contributed by atoms with van der Waals surface area (Å²) in [6.45, 7) is -5.63. The largest absolute Gasteiger partial charge is 0.697 e. The van der Waals surface area contributed by atoms with Gasteiger partial charge in [-0.1, -0.05) is 0 Å². The van der Waals surface area contributed by atoms with Crippen molar-refractivity contribution in [3.05, 3.63) is 33.4 Å². The highest BCUT2D eigenvalue weighted by molar-refractivity contribution is 8.07. The van der Waals surface area contributed by atoms with Gasteiger partial charge >= 0.3 is 15.0 Å². The minimum Gasteiger partial charge on any atom is -0.369 e. The number of anilines is 2. The quantitative estimate of drug-likeness (QED) is 0.167. The SMILES string of the molecule is Nc1nc2c(ncn2[C@@H]2O[C@@H]3COP(O)(=S)O[C@H]4[C@@H](F)[C@H](n5cnc6c(=O)[nH]c(N)nc65)O[C@@H]4CO[P+](=O)O[C@H]3[C@H]2F)c(=O)[nH]1. The van der Waals surface area contributed by atoms with Crippen molar-refractivity contribution in [3.8, 4) is 0 Å². The molecule has 240 valence electrons. The molecule has 0 aliphatic carbocycles. The fraction of sp³-hybridized carbons (Fsp3) is 0.500. The van der Waals surface area contributed by atoms with Crippen LogP contribution >= 0.6 is 15.0 Å². The second-order valence-corrected chi connectivity index (χ2v) is 13.7. The van der Waals surface area contributed by atoms with E-state index in [9.17, 15) is 19.0 Å². The number of ether oxygens (including phenoxy) is 2. The number of H-pyrrole nitrogens is 2. The van der Waals surface area contributed by atoms with Crippen LogP contribution in [0.4, 0.5) is 20.7 Å². The summed E-state index contributed by atoms with van der Waals surface area (Å²) in [6.07, 6.45) is -11.1. The van der Waals surface area contributed by atoms with Crippen LogP contribution in [-0.2, 0) is 43.9 Å². The first kappa shape index (κ1) is 30.3. The Balaban J connectivity index is 1.15. The number of imidazole rings is 2. The van der Waals surface area contributed by atoms with E-state index in [1.807, 2.05) is 0 Å². The molecule has 3 saturated heterocycles. The third-order valence-corrected chi connectivity index (χ3v) is 9.53. The van der Waals surface area contributed by atoms with Crippen molar-refractivity contribution in [2.24, 2.45) is 0 Å². The number of aromatic nitrogens is 8.